The van der Waals surface area contributed by atoms with E-state index in [0.717, 1.165) is 0 Å². The summed E-state index contributed by atoms with van der Waals surface area (Å²) >= 11 is 3.28. The van der Waals surface area contributed by atoms with E-state index in [4.69, 9.17) is 0 Å². The Labute approximate surface area is 131 Å². The largest absolute Gasteiger partial charge is 0.434 e. The SMILES string of the molecule is CNC(C)(C)/C(=C\c1cc(Br)ccc1OC(F)F)C(C)=O. The summed E-state index contributed by atoms with van der Waals surface area (Å²) in [6, 6.07) is 4.67. The van der Waals surface area contributed by atoms with Gasteiger partial charge in [-0.15, -0.1) is 0 Å². The summed E-state index contributed by atoms with van der Waals surface area (Å²) in [4.78, 5) is 11.9. The lowest BCUT2D eigenvalue weighted by molar-refractivity contribution is -0.114. The van der Waals surface area contributed by atoms with Crippen molar-refractivity contribution in [2.24, 2.45) is 0 Å². The van der Waals surface area contributed by atoms with Crippen LogP contribution in [0.4, 0.5) is 8.78 Å². The van der Waals surface area contributed by atoms with Gasteiger partial charge in [-0.25, -0.2) is 0 Å². The molecule has 0 amide bonds. The van der Waals surface area contributed by atoms with Gasteiger partial charge < -0.3 is 10.1 Å². The molecule has 21 heavy (non-hydrogen) atoms. The molecule has 1 N–H and O–H groups in total. The highest BCUT2D eigenvalue weighted by Gasteiger charge is 2.25. The summed E-state index contributed by atoms with van der Waals surface area (Å²) in [5.74, 6) is -0.115. The fourth-order valence-electron chi connectivity index (χ4n) is 1.85. The van der Waals surface area contributed by atoms with E-state index in [1.807, 2.05) is 13.8 Å². The topological polar surface area (TPSA) is 38.3 Å². The predicted octanol–water partition coefficient (Wildman–Crippen LogP) is 4.02. The highest BCUT2D eigenvalue weighted by Crippen LogP contribution is 2.29. The minimum atomic E-state index is -2.92. The molecule has 0 heterocycles. The molecule has 0 fully saturated rings. The summed E-state index contributed by atoms with van der Waals surface area (Å²) in [6.07, 6.45) is 1.57. The van der Waals surface area contributed by atoms with Gasteiger partial charge in [0.1, 0.15) is 5.75 Å². The third-order valence-electron chi connectivity index (χ3n) is 3.17. The van der Waals surface area contributed by atoms with Crippen molar-refractivity contribution in [3.8, 4) is 5.75 Å². The van der Waals surface area contributed by atoms with Crippen molar-refractivity contribution in [1.29, 1.82) is 0 Å². The minimum Gasteiger partial charge on any atom is -0.434 e. The molecule has 0 bridgehead atoms. The Kier molecular flexibility index (Phi) is 6.04. The first-order valence-electron chi connectivity index (χ1n) is 6.33. The number of alkyl halides is 2. The lowest BCUT2D eigenvalue weighted by Gasteiger charge is -2.26. The van der Waals surface area contributed by atoms with Crippen molar-refractivity contribution >= 4 is 27.8 Å². The van der Waals surface area contributed by atoms with Crippen LogP contribution in [0.3, 0.4) is 0 Å². The van der Waals surface area contributed by atoms with Gasteiger partial charge in [0.15, 0.2) is 5.78 Å². The zero-order valence-electron chi connectivity index (χ0n) is 12.3. The Morgan fingerprint density at radius 1 is 1.43 bits per heavy atom. The van der Waals surface area contributed by atoms with E-state index in [0.29, 0.717) is 15.6 Å². The summed E-state index contributed by atoms with van der Waals surface area (Å²) < 4.78 is 30.1. The fraction of sp³-hybridized carbons (Fsp3) is 0.400. The number of benzene rings is 1. The average molecular weight is 362 g/mol. The van der Waals surface area contributed by atoms with Gasteiger partial charge in [0.05, 0.1) is 0 Å². The summed E-state index contributed by atoms with van der Waals surface area (Å²) in [5, 5.41) is 3.03. The Balaban J connectivity index is 3.39. The Hall–Kier alpha value is -1.27. The molecule has 1 aromatic carbocycles. The zero-order valence-corrected chi connectivity index (χ0v) is 13.9. The molecule has 0 aliphatic rings. The molecule has 3 nitrogen and oxygen atoms in total. The second-order valence-electron chi connectivity index (χ2n) is 5.05. The van der Waals surface area contributed by atoms with Gasteiger partial charge in [-0.3, -0.25) is 4.79 Å². The van der Waals surface area contributed by atoms with E-state index < -0.39 is 12.2 Å². The molecule has 0 saturated heterocycles. The van der Waals surface area contributed by atoms with Crippen LogP contribution in [0.15, 0.2) is 28.2 Å². The van der Waals surface area contributed by atoms with Crippen LogP contribution in [0.25, 0.3) is 6.08 Å². The number of halogens is 3. The average Bonchev–Trinajstić information content (AvgIpc) is 2.37. The molecular weight excluding hydrogens is 344 g/mol. The molecule has 1 aromatic rings. The zero-order chi connectivity index (χ0) is 16.2. The Bertz CT molecular complexity index is 557. The number of ether oxygens (including phenoxy) is 1. The molecule has 0 aromatic heterocycles. The normalized spacial score (nSPS) is 12.7. The number of Topliss-reactive ketones (excluding diaryl/α,β-unsaturated/α-hetero) is 1. The van der Waals surface area contributed by atoms with Crippen LogP contribution in [-0.4, -0.2) is 25.0 Å². The van der Waals surface area contributed by atoms with Gasteiger partial charge in [-0.05, 0) is 52.1 Å². The molecule has 0 spiro atoms. The van der Waals surface area contributed by atoms with Gasteiger partial charge in [0, 0.05) is 21.1 Å². The van der Waals surface area contributed by atoms with Crippen LogP contribution in [-0.2, 0) is 4.79 Å². The van der Waals surface area contributed by atoms with Crippen molar-refractivity contribution in [2.75, 3.05) is 7.05 Å². The number of likely N-dealkylation sites (N-methyl/N-ethyl adjacent to an activating group) is 1. The summed E-state index contributed by atoms with van der Waals surface area (Å²) in [6.45, 7) is 2.20. The first kappa shape index (κ1) is 17.8. The molecular formula is C15H18BrF2NO2. The van der Waals surface area contributed by atoms with E-state index in [1.54, 1.807) is 25.3 Å². The van der Waals surface area contributed by atoms with Gasteiger partial charge in [0.25, 0.3) is 0 Å². The number of nitrogens with one attached hydrogen (secondary N) is 1. The lowest BCUT2D eigenvalue weighted by atomic mass is 9.89. The minimum absolute atomic E-state index is 0.0267. The molecule has 0 aliphatic heterocycles. The van der Waals surface area contributed by atoms with E-state index in [9.17, 15) is 13.6 Å². The first-order valence-corrected chi connectivity index (χ1v) is 7.13. The van der Waals surface area contributed by atoms with Crippen LogP contribution < -0.4 is 10.1 Å². The standard InChI is InChI=1S/C15H18BrF2NO2/c1-9(20)12(15(2,3)19-4)8-10-7-11(16)5-6-13(10)21-14(17)18/h5-8,14,19H,1-4H3/b12-8-. The van der Waals surface area contributed by atoms with Gasteiger partial charge in [0.2, 0.25) is 0 Å². The third kappa shape index (κ3) is 4.89. The first-order chi connectivity index (χ1) is 9.67. The third-order valence-corrected chi connectivity index (χ3v) is 3.66. The second-order valence-corrected chi connectivity index (χ2v) is 5.97. The van der Waals surface area contributed by atoms with Gasteiger partial charge in [-0.1, -0.05) is 15.9 Å². The van der Waals surface area contributed by atoms with Crippen LogP contribution >= 0.6 is 15.9 Å². The second kappa shape index (κ2) is 7.13. The van der Waals surface area contributed by atoms with Crippen LogP contribution in [0.2, 0.25) is 0 Å². The van der Waals surface area contributed by atoms with Crippen molar-refractivity contribution < 1.29 is 18.3 Å². The highest BCUT2D eigenvalue weighted by atomic mass is 79.9. The van der Waals surface area contributed by atoms with Crippen molar-refractivity contribution in [3.05, 3.63) is 33.8 Å². The summed E-state index contributed by atoms with van der Waals surface area (Å²) in [5.41, 5.74) is 0.302. The molecule has 0 atom stereocenters. The number of rotatable bonds is 6. The van der Waals surface area contributed by atoms with E-state index in [1.165, 1.54) is 13.0 Å². The van der Waals surface area contributed by atoms with Crippen molar-refractivity contribution in [3.63, 3.8) is 0 Å². The monoisotopic (exact) mass is 361 g/mol. The number of hydrogen-bond donors (Lipinski definition) is 1. The van der Waals surface area contributed by atoms with E-state index in [-0.39, 0.29) is 11.5 Å². The predicted molar refractivity (Wildman–Crippen MR) is 82.6 cm³/mol. The maximum atomic E-state index is 12.5. The number of carbonyl (C=O) groups is 1. The van der Waals surface area contributed by atoms with E-state index in [2.05, 4.69) is 26.0 Å². The number of hydrogen-bond acceptors (Lipinski definition) is 3. The Morgan fingerprint density at radius 2 is 2.05 bits per heavy atom. The molecule has 0 unspecified atom stereocenters. The maximum absolute atomic E-state index is 12.5. The molecule has 0 radical (unpaired) electrons. The lowest BCUT2D eigenvalue weighted by Crippen LogP contribution is -2.40. The van der Waals surface area contributed by atoms with Crippen LogP contribution in [0.1, 0.15) is 26.3 Å². The maximum Gasteiger partial charge on any atom is 0.387 e. The van der Waals surface area contributed by atoms with Crippen LogP contribution in [0, 0.1) is 0 Å². The van der Waals surface area contributed by atoms with Crippen molar-refractivity contribution in [2.45, 2.75) is 32.9 Å². The molecule has 6 heteroatoms. The van der Waals surface area contributed by atoms with Crippen molar-refractivity contribution in [1.82, 2.24) is 5.32 Å². The summed E-state index contributed by atoms with van der Waals surface area (Å²) in [7, 11) is 1.73. The number of carbonyl (C=O) groups excluding carboxylic acids is 1. The van der Waals surface area contributed by atoms with Gasteiger partial charge >= 0.3 is 6.61 Å². The molecule has 116 valence electrons. The smallest absolute Gasteiger partial charge is 0.387 e. The Morgan fingerprint density at radius 3 is 2.52 bits per heavy atom. The van der Waals surface area contributed by atoms with Gasteiger partial charge in [-0.2, -0.15) is 8.78 Å². The van der Waals surface area contributed by atoms with Crippen LogP contribution in [0.5, 0.6) is 5.75 Å². The number of ketones is 1. The fourth-order valence-corrected chi connectivity index (χ4v) is 2.23. The molecule has 0 saturated carbocycles. The quantitative estimate of drug-likeness (QED) is 0.777. The molecule has 1 rings (SSSR count). The molecule has 0 aliphatic carbocycles. The van der Waals surface area contributed by atoms with E-state index >= 15 is 0 Å². The highest BCUT2D eigenvalue weighted by molar-refractivity contribution is 9.10.